The fourth-order valence-corrected chi connectivity index (χ4v) is 4.11. The van der Waals surface area contributed by atoms with Crippen molar-refractivity contribution in [2.45, 2.75) is 129 Å². The van der Waals surface area contributed by atoms with Gasteiger partial charge < -0.3 is 10.1 Å². The summed E-state index contributed by atoms with van der Waals surface area (Å²) in [5.74, 6) is 0.700. The smallest absolute Gasteiger partial charge is 0.255 e. The van der Waals surface area contributed by atoms with E-state index in [0.717, 1.165) is 19.4 Å². The molecule has 0 aromatic heterocycles. The first-order valence-corrected chi connectivity index (χ1v) is 13.8. The molecule has 0 aliphatic heterocycles. The topological polar surface area (TPSA) is 38.3 Å². The maximum Gasteiger partial charge on any atom is 0.255 e. The molecule has 0 bridgehead atoms. The first kappa shape index (κ1) is 28.5. The molecular formula is C29H51NO2. The summed E-state index contributed by atoms with van der Waals surface area (Å²) < 4.78 is 5.87. The molecule has 0 spiro atoms. The quantitative estimate of drug-likeness (QED) is 0.181. The van der Waals surface area contributed by atoms with E-state index in [9.17, 15) is 4.79 Å². The van der Waals surface area contributed by atoms with E-state index in [-0.39, 0.29) is 5.91 Å². The Balaban J connectivity index is 2.00. The molecule has 32 heavy (non-hydrogen) atoms. The number of benzene rings is 1. The average molecular weight is 446 g/mol. The van der Waals surface area contributed by atoms with E-state index in [1.54, 1.807) is 0 Å². The number of ether oxygens (including phenoxy) is 1. The predicted octanol–water partition coefficient (Wildman–Crippen LogP) is 8.86. The number of para-hydroxylation sites is 1. The predicted molar refractivity (Wildman–Crippen MR) is 139 cm³/mol. The van der Waals surface area contributed by atoms with Crippen LogP contribution in [0.3, 0.4) is 0 Å². The number of hydrogen-bond donors (Lipinski definition) is 1. The second-order valence-corrected chi connectivity index (χ2v) is 9.26. The van der Waals surface area contributed by atoms with Crippen molar-refractivity contribution < 1.29 is 9.53 Å². The standard InChI is InChI=1S/C29H51NO2/c1-3-5-7-9-10-11-12-13-14-15-16-17-18-21-25-30-29(31)27-23-19-20-24-28(27)32-26-22-8-6-4-2/h19-20,23-24H,3-18,21-22,25-26H2,1-2H3,(H,30,31). The summed E-state index contributed by atoms with van der Waals surface area (Å²) in [6, 6.07) is 7.61. The van der Waals surface area contributed by atoms with Gasteiger partial charge in [-0.2, -0.15) is 0 Å². The molecule has 3 nitrogen and oxygen atoms in total. The highest BCUT2D eigenvalue weighted by Crippen LogP contribution is 2.18. The summed E-state index contributed by atoms with van der Waals surface area (Å²) in [6.45, 7) is 5.92. The molecule has 0 aliphatic rings. The molecule has 1 N–H and O–H groups in total. The van der Waals surface area contributed by atoms with E-state index in [1.807, 2.05) is 24.3 Å². The van der Waals surface area contributed by atoms with Crippen LogP contribution in [0.2, 0.25) is 0 Å². The minimum absolute atomic E-state index is 0.0103. The van der Waals surface area contributed by atoms with Crippen LogP contribution in [-0.4, -0.2) is 19.1 Å². The zero-order chi connectivity index (χ0) is 23.1. The minimum atomic E-state index is -0.0103. The summed E-state index contributed by atoms with van der Waals surface area (Å²) in [4.78, 5) is 12.5. The maximum absolute atomic E-state index is 12.5. The first-order valence-electron chi connectivity index (χ1n) is 13.8. The number of carbonyl (C=O) groups is 1. The lowest BCUT2D eigenvalue weighted by molar-refractivity contribution is 0.0948. The summed E-state index contributed by atoms with van der Waals surface area (Å²) in [7, 11) is 0. The van der Waals surface area contributed by atoms with Gasteiger partial charge in [-0.3, -0.25) is 4.79 Å². The normalized spacial score (nSPS) is 10.9. The van der Waals surface area contributed by atoms with Gasteiger partial charge in [-0.1, -0.05) is 129 Å². The second kappa shape index (κ2) is 21.3. The lowest BCUT2D eigenvalue weighted by atomic mass is 10.0. The maximum atomic E-state index is 12.5. The summed E-state index contributed by atoms with van der Waals surface area (Å²) in [6.07, 6.45) is 23.6. The van der Waals surface area contributed by atoms with Gasteiger partial charge in [0.25, 0.3) is 5.91 Å². The monoisotopic (exact) mass is 445 g/mol. The van der Waals surface area contributed by atoms with Crippen molar-refractivity contribution in [3.8, 4) is 5.75 Å². The van der Waals surface area contributed by atoms with E-state index in [1.165, 1.54) is 103 Å². The highest BCUT2D eigenvalue weighted by molar-refractivity contribution is 5.96. The third-order valence-electron chi connectivity index (χ3n) is 6.20. The van der Waals surface area contributed by atoms with Crippen LogP contribution in [0.25, 0.3) is 0 Å². The van der Waals surface area contributed by atoms with Crippen molar-refractivity contribution in [1.29, 1.82) is 0 Å². The molecule has 0 saturated carbocycles. The fourth-order valence-electron chi connectivity index (χ4n) is 4.11. The van der Waals surface area contributed by atoms with Crippen LogP contribution in [0.5, 0.6) is 5.75 Å². The van der Waals surface area contributed by atoms with Crippen molar-refractivity contribution >= 4 is 5.91 Å². The van der Waals surface area contributed by atoms with Gasteiger partial charge in [0.05, 0.1) is 12.2 Å². The largest absolute Gasteiger partial charge is 0.493 e. The lowest BCUT2D eigenvalue weighted by Crippen LogP contribution is -2.25. The SMILES string of the molecule is CCCCCCCCCCCCCCCCNC(=O)c1ccccc1OCCCCCC. The van der Waals surface area contributed by atoms with E-state index < -0.39 is 0 Å². The minimum Gasteiger partial charge on any atom is -0.493 e. The summed E-state index contributed by atoms with van der Waals surface area (Å²) in [5, 5.41) is 3.07. The molecule has 1 amide bonds. The Bertz CT molecular complexity index is 558. The molecule has 0 unspecified atom stereocenters. The zero-order valence-corrected chi connectivity index (χ0v) is 21.3. The third-order valence-corrected chi connectivity index (χ3v) is 6.20. The van der Waals surface area contributed by atoms with Gasteiger partial charge >= 0.3 is 0 Å². The van der Waals surface area contributed by atoms with Gasteiger partial charge in [-0.15, -0.1) is 0 Å². The van der Waals surface area contributed by atoms with Crippen molar-refractivity contribution in [2.75, 3.05) is 13.2 Å². The van der Waals surface area contributed by atoms with Crippen LogP contribution >= 0.6 is 0 Å². The molecule has 0 saturated heterocycles. The van der Waals surface area contributed by atoms with Gasteiger partial charge in [0.1, 0.15) is 5.75 Å². The van der Waals surface area contributed by atoms with Crippen molar-refractivity contribution in [3.05, 3.63) is 29.8 Å². The van der Waals surface area contributed by atoms with Gasteiger partial charge in [-0.05, 0) is 25.0 Å². The van der Waals surface area contributed by atoms with Gasteiger partial charge in [-0.25, -0.2) is 0 Å². The molecule has 0 atom stereocenters. The number of nitrogens with one attached hydrogen (secondary N) is 1. The van der Waals surface area contributed by atoms with Gasteiger partial charge in [0.2, 0.25) is 0 Å². The summed E-state index contributed by atoms with van der Waals surface area (Å²) in [5.41, 5.74) is 0.661. The van der Waals surface area contributed by atoms with Crippen LogP contribution in [0.4, 0.5) is 0 Å². The van der Waals surface area contributed by atoms with E-state index in [4.69, 9.17) is 4.74 Å². The Hall–Kier alpha value is -1.51. The van der Waals surface area contributed by atoms with E-state index in [0.29, 0.717) is 17.9 Å². The first-order chi connectivity index (χ1) is 15.8. The molecule has 0 radical (unpaired) electrons. The van der Waals surface area contributed by atoms with Crippen molar-refractivity contribution in [1.82, 2.24) is 5.32 Å². The van der Waals surface area contributed by atoms with Gasteiger partial charge in [0, 0.05) is 6.54 Å². The van der Waals surface area contributed by atoms with Crippen molar-refractivity contribution in [2.24, 2.45) is 0 Å². The highest BCUT2D eigenvalue weighted by atomic mass is 16.5. The molecule has 1 rings (SSSR count). The number of unbranched alkanes of at least 4 members (excludes halogenated alkanes) is 16. The Morgan fingerprint density at radius 1 is 0.656 bits per heavy atom. The Labute approximate surface area is 199 Å². The van der Waals surface area contributed by atoms with E-state index in [2.05, 4.69) is 19.2 Å². The number of hydrogen-bond acceptors (Lipinski definition) is 2. The number of rotatable bonds is 22. The second-order valence-electron chi connectivity index (χ2n) is 9.26. The molecule has 0 fully saturated rings. The van der Waals surface area contributed by atoms with Crippen LogP contribution < -0.4 is 10.1 Å². The fraction of sp³-hybridized carbons (Fsp3) is 0.759. The Morgan fingerprint density at radius 2 is 1.12 bits per heavy atom. The molecule has 184 valence electrons. The third kappa shape index (κ3) is 15.3. The molecule has 0 aliphatic carbocycles. The van der Waals surface area contributed by atoms with Crippen LogP contribution in [-0.2, 0) is 0 Å². The molecule has 3 heteroatoms. The number of amides is 1. The van der Waals surface area contributed by atoms with Crippen LogP contribution in [0.1, 0.15) is 140 Å². The molecular weight excluding hydrogens is 394 g/mol. The van der Waals surface area contributed by atoms with Gasteiger partial charge in [0.15, 0.2) is 0 Å². The van der Waals surface area contributed by atoms with Crippen molar-refractivity contribution in [3.63, 3.8) is 0 Å². The zero-order valence-electron chi connectivity index (χ0n) is 21.3. The molecule has 1 aromatic rings. The average Bonchev–Trinajstić information content (AvgIpc) is 2.81. The molecule has 0 heterocycles. The number of carbonyl (C=O) groups excluding carboxylic acids is 1. The van der Waals surface area contributed by atoms with Crippen LogP contribution in [0.15, 0.2) is 24.3 Å². The Kier molecular flexibility index (Phi) is 19.0. The lowest BCUT2D eigenvalue weighted by Gasteiger charge is -2.11. The molecule has 1 aromatic carbocycles. The highest BCUT2D eigenvalue weighted by Gasteiger charge is 2.11. The Morgan fingerprint density at radius 3 is 1.69 bits per heavy atom. The van der Waals surface area contributed by atoms with Crippen LogP contribution in [0, 0.1) is 0 Å². The summed E-state index contributed by atoms with van der Waals surface area (Å²) >= 11 is 0. The van der Waals surface area contributed by atoms with E-state index >= 15 is 0 Å².